The van der Waals surface area contributed by atoms with E-state index in [1.165, 1.54) is 30.9 Å². The second kappa shape index (κ2) is 10.2. The third-order valence-electron chi connectivity index (χ3n) is 6.79. The van der Waals surface area contributed by atoms with Crippen LogP contribution < -0.4 is 10.6 Å². The van der Waals surface area contributed by atoms with Crippen LogP contribution in [0.3, 0.4) is 0 Å². The van der Waals surface area contributed by atoms with Crippen LogP contribution in [0.15, 0.2) is 72.8 Å². The van der Waals surface area contributed by atoms with Crippen molar-refractivity contribution in [2.75, 3.05) is 30.3 Å². The molecular formula is C29H28F3N3O. The summed E-state index contributed by atoms with van der Waals surface area (Å²) in [5, 5.41) is 6.03. The first-order valence-electron chi connectivity index (χ1n) is 12.3. The first-order chi connectivity index (χ1) is 17.4. The summed E-state index contributed by atoms with van der Waals surface area (Å²) < 4.78 is 39.6. The molecule has 0 radical (unpaired) electrons. The van der Waals surface area contributed by atoms with Crippen molar-refractivity contribution < 1.29 is 18.0 Å². The Kier molecular flexibility index (Phi) is 6.83. The molecule has 0 aliphatic carbocycles. The van der Waals surface area contributed by atoms with E-state index in [1.54, 1.807) is 0 Å². The molecule has 1 fully saturated rings. The summed E-state index contributed by atoms with van der Waals surface area (Å²) in [7, 11) is 0. The Labute approximate surface area is 208 Å². The first-order valence-corrected chi connectivity index (χ1v) is 12.3. The van der Waals surface area contributed by atoms with Crippen molar-refractivity contribution in [2.24, 2.45) is 0 Å². The number of carbonyl (C=O) groups excluding carboxylic acids is 1. The molecule has 7 heteroatoms. The van der Waals surface area contributed by atoms with Crippen molar-refractivity contribution in [1.82, 2.24) is 4.90 Å². The predicted octanol–water partition coefficient (Wildman–Crippen LogP) is 6.67. The molecular weight excluding hydrogens is 463 g/mol. The standard InChI is InChI=1S/C29H28F3N3O/c30-29(31,32)22-11-14-24-26(17-22)34-28(36)27(24)25(21-7-3-1-4-8-21)18-33-23-12-9-20(10-13-23)19-35-15-5-2-6-16-35/h1,3-4,7-14,17,33H,2,5-6,15-16,18-19H2,(H,34,36)/b27-25+. The molecule has 0 unspecified atom stereocenters. The van der Waals surface area contributed by atoms with E-state index < -0.39 is 17.6 Å². The SMILES string of the molecule is O=C1Nc2cc(C(F)(F)F)ccc2/C1=C(/CNc1ccc(CN2CCCCC2)cc1)c1ccccc1. The second-order valence-electron chi connectivity index (χ2n) is 9.32. The van der Waals surface area contributed by atoms with E-state index in [0.29, 0.717) is 17.7 Å². The molecule has 0 bridgehead atoms. The number of likely N-dealkylation sites (tertiary alicyclic amines) is 1. The fourth-order valence-corrected chi connectivity index (χ4v) is 4.92. The molecule has 0 saturated carbocycles. The largest absolute Gasteiger partial charge is 0.416 e. The molecule has 4 nitrogen and oxygen atoms in total. The lowest BCUT2D eigenvalue weighted by Crippen LogP contribution is -2.29. The molecule has 36 heavy (non-hydrogen) atoms. The average molecular weight is 492 g/mol. The second-order valence-corrected chi connectivity index (χ2v) is 9.32. The molecule has 3 aromatic rings. The lowest BCUT2D eigenvalue weighted by atomic mass is 9.94. The molecule has 2 N–H and O–H groups in total. The number of hydrogen-bond acceptors (Lipinski definition) is 3. The monoisotopic (exact) mass is 491 g/mol. The van der Waals surface area contributed by atoms with Crippen LogP contribution in [-0.4, -0.2) is 30.4 Å². The number of piperidine rings is 1. The van der Waals surface area contributed by atoms with Crippen LogP contribution >= 0.6 is 0 Å². The average Bonchev–Trinajstić information content (AvgIpc) is 3.21. The third kappa shape index (κ3) is 5.31. The number of alkyl halides is 3. The van der Waals surface area contributed by atoms with Gasteiger partial charge in [-0.3, -0.25) is 9.69 Å². The highest BCUT2D eigenvalue weighted by Crippen LogP contribution is 2.40. The number of halogens is 3. The molecule has 2 aliphatic rings. The molecule has 5 rings (SSSR count). The Morgan fingerprint density at radius 2 is 1.64 bits per heavy atom. The van der Waals surface area contributed by atoms with Gasteiger partial charge in [-0.2, -0.15) is 13.2 Å². The maximum absolute atomic E-state index is 13.2. The number of fused-ring (bicyclic) bond motifs is 1. The van der Waals surface area contributed by atoms with E-state index in [4.69, 9.17) is 0 Å². The van der Waals surface area contributed by atoms with Crippen molar-refractivity contribution in [1.29, 1.82) is 0 Å². The van der Waals surface area contributed by atoms with E-state index in [0.717, 1.165) is 48.6 Å². The van der Waals surface area contributed by atoms with Gasteiger partial charge < -0.3 is 10.6 Å². The van der Waals surface area contributed by atoms with Gasteiger partial charge in [0.2, 0.25) is 0 Å². The van der Waals surface area contributed by atoms with Gasteiger partial charge in [0, 0.05) is 30.0 Å². The van der Waals surface area contributed by atoms with Crippen LogP contribution in [0.5, 0.6) is 0 Å². The van der Waals surface area contributed by atoms with Crippen molar-refractivity contribution >= 4 is 28.4 Å². The van der Waals surface area contributed by atoms with Crippen LogP contribution in [0.25, 0.3) is 11.1 Å². The molecule has 1 amide bonds. The zero-order valence-corrected chi connectivity index (χ0v) is 19.9. The van der Waals surface area contributed by atoms with E-state index in [2.05, 4.69) is 27.7 Å². The molecule has 2 heterocycles. The Bertz CT molecular complexity index is 1260. The highest BCUT2D eigenvalue weighted by molar-refractivity contribution is 6.37. The summed E-state index contributed by atoms with van der Waals surface area (Å²) in [6.45, 7) is 3.57. The summed E-state index contributed by atoms with van der Waals surface area (Å²) in [5.74, 6) is -0.401. The van der Waals surface area contributed by atoms with E-state index in [1.807, 2.05) is 42.5 Å². The van der Waals surface area contributed by atoms with Crippen LogP contribution in [0, 0.1) is 0 Å². The smallest absolute Gasteiger partial charge is 0.381 e. The fourth-order valence-electron chi connectivity index (χ4n) is 4.92. The number of rotatable bonds is 6. The number of hydrogen-bond donors (Lipinski definition) is 2. The number of benzene rings is 3. The van der Waals surface area contributed by atoms with Crippen molar-refractivity contribution in [3.63, 3.8) is 0 Å². The predicted molar refractivity (Wildman–Crippen MR) is 137 cm³/mol. The summed E-state index contributed by atoms with van der Waals surface area (Å²) in [5.41, 5.74) is 4.00. The normalized spacial score (nSPS) is 17.5. The Balaban J connectivity index is 1.40. The highest BCUT2D eigenvalue weighted by Gasteiger charge is 2.34. The Morgan fingerprint density at radius 3 is 2.33 bits per heavy atom. The van der Waals surface area contributed by atoms with Gasteiger partial charge in [-0.25, -0.2) is 0 Å². The zero-order chi connectivity index (χ0) is 25.1. The number of carbonyl (C=O) groups is 1. The van der Waals surface area contributed by atoms with Gasteiger partial charge in [-0.15, -0.1) is 0 Å². The van der Waals surface area contributed by atoms with Gasteiger partial charge in [-0.1, -0.05) is 55.0 Å². The van der Waals surface area contributed by atoms with E-state index in [9.17, 15) is 18.0 Å². The van der Waals surface area contributed by atoms with Gasteiger partial charge in [-0.05, 0) is 66.9 Å². The highest BCUT2D eigenvalue weighted by atomic mass is 19.4. The van der Waals surface area contributed by atoms with Crippen LogP contribution in [0.2, 0.25) is 0 Å². The summed E-state index contributed by atoms with van der Waals surface area (Å²) in [6.07, 6.45) is -0.656. The fraction of sp³-hybridized carbons (Fsp3) is 0.276. The summed E-state index contributed by atoms with van der Waals surface area (Å²) in [4.78, 5) is 15.4. The summed E-state index contributed by atoms with van der Waals surface area (Å²) in [6, 6.07) is 21.1. The number of anilines is 2. The van der Waals surface area contributed by atoms with Gasteiger partial charge in [0.25, 0.3) is 5.91 Å². The van der Waals surface area contributed by atoms with Gasteiger partial charge in [0.05, 0.1) is 11.1 Å². The minimum Gasteiger partial charge on any atom is -0.381 e. The topological polar surface area (TPSA) is 44.4 Å². The molecule has 1 saturated heterocycles. The lowest BCUT2D eigenvalue weighted by Gasteiger charge is -2.26. The molecule has 0 spiro atoms. The Hall–Kier alpha value is -3.58. The molecule has 186 valence electrons. The summed E-state index contributed by atoms with van der Waals surface area (Å²) >= 11 is 0. The van der Waals surface area contributed by atoms with E-state index in [-0.39, 0.29) is 5.69 Å². The van der Waals surface area contributed by atoms with Gasteiger partial charge in [0.1, 0.15) is 0 Å². The van der Waals surface area contributed by atoms with E-state index >= 15 is 0 Å². The molecule has 3 aromatic carbocycles. The third-order valence-corrected chi connectivity index (χ3v) is 6.79. The zero-order valence-electron chi connectivity index (χ0n) is 19.9. The molecule has 0 aromatic heterocycles. The maximum atomic E-state index is 13.2. The molecule has 2 aliphatic heterocycles. The first kappa shape index (κ1) is 24.1. The van der Waals surface area contributed by atoms with Crippen molar-refractivity contribution in [3.8, 4) is 0 Å². The quantitative estimate of drug-likeness (QED) is 0.379. The van der Waals surface area contributed by atoms with Crippen LogP contribution in [-0.2, 0) is 17.5 Å². The minimum atomic E-state index is -4.48. The van der Waals surface area contributed by atoms with Crippen LogP contribution in [0.1, 0.15) is 41.5 Å². The van der Waals surface area contributed by atoms with Gasteiger partial charge >= 0.3 is 6.18 Å². The minimum absolute atomic E-state index is 0.181. The Morgan fingerprint density at radius 1 is 0.917 bits per heavy atom. The van der Waals surface area contributed by atoms with Crippen LogP contribution in [0.4, 0.5) is 24.5 Å². The number of nitrogens with zero attached hydrogens (tertiary/aromatic N) is 1. The number of nitrogens with one attached hydrogen (secondary N) is 2. The van der Waals surface area contributed by atoms with Crippen molar-refractivity contribution in [2.45, 2.75) is 32.0 Å². The van der Waals surface area contributed by atoms with Gasteiger partial charge in [0.15, 0.2) is 0 Å². The van der Waals surface area contributed by atoms with Crippen molar-refractivity contribution in [3.05, 3.63) is 95.1 Å². The number of amides is 1. The maximum Gasteiger partial charge on any atom is 0.416 e. The lowest BCUT2D eigenvalue weighted by molar-refractivity contribution is -0.137. The molecule has 0 atom stereocenters.